The van der Waals surface area contributed by atoms with Crippen molar-refractivity contribution in [1.29, 1.82) is 0 Å². The lowest BCUT2D eigenvalue weighted by molar-refractivity contribution is 0.496. The second-order valence-electron chi connectivity index (χ2n) is 4.74. The third kappa shape index (κ3) is 3.00. The maximum absolute atomic E-state index is 13.4. The molecule has 0 spiro atoms. The summed E-state index contributed by atoms with van der Waals surface area (Å²) in [6.45, 7) is 2.01. The summed E-state index contributed by atoms with van der Waals surface area (Å²) < 4.78 is 26.5. The van der Waals surface area contributed by atoms with Crippen LogP contribution in [0.4, 0.5) is 8.78 Å². The lowest BCUT2D eigenvalue weighted by Crippen LogP contribution is -2.20. The highest BCUT2D eigenvalue weighted by Crippen LogP contribution is 2.35. The minimum atomic E-state index is -0.960. The smallest absolute Gasteiger partial charge is 0.160 e. The van der Waals surface area contributed by atoms with E-state index in [0.29, 0.717) is 5.56 Å². The molecule has 2 aromatic carbocycles. The van der Waals surface area contributed by atoms with Gasteiger partial charge >= 0.3 is 0 Å². The van der Waals surface area contributed by atoms with E-state index in [1.54, 1.807) is 0 Å². The molecule has 1 nitrogen and oxygen atoms in total. The van der Waals surface area contributed by atoms with Gasteiger partial charge in [0.05, 0.1) is 0 Å². The predicted octanol–water partition coefficient (Wildman–Crippen LogP) is 4.81. The molecule has 2 N–H and O–H groups in total. The van der Waals surface area contributed by atoms with Gasteiger partial charge in [-0.25, -0.2) is 8.78 Å². The Bertz CT molecular complexity index is 587. The van der Waals surface area contributed by atoms with E-state index in [1.807, 2.05) is 37.3 Å². The van der Waals surface area contributed by atoms with E-state index in [0.717, 1.165) is 24.1 Å². The average Bonchev–Trinajstić information content (AvgIpc) is 2.44. The van der Waals surface area contributed by atoms with E-state index >= 15 is 0 Å². The molecule has 0 bridgehead atoms. The highest BCUT2D eigenvalue weighted by Gasteiger charge is 2.23. The number of nitrogens with two attached hydrogens (primary N) is 1. The lowest BCUT2D eigenvalue weighted by atomic mass is 9.85. The third-order valence-electron chi connectivity index (χ3n) is 3.50. The van der Waals surface area contributed by atoms with Gasteiger partial charge in [0.25, 0.3) is 0 Å². The van der Waals surface area contributed by atoms with E-state index in [2.05, 4.69) is 0 Å². The summed E-state index contributed by atoms with van der Waals surface area (Å²) in [5.74, 6) is -1.89. The summed E-state index contributed by atoms with van der Waals surface area (Å²) >= 11 is 6.00. The minimum absolute atomic E-state index is 0.00133. The van der Waals surface area contributed by atoms with E-state index in [-0.39, 0.29) is 10.9 Å². The summed E-state index contributed by atoms with van der Waals surface area (Å²) in [7, 11) is 0. The first-order valence-corrected chi connectivity index (χ1v) is 6.87. The fourth-order valence-electron chi connectivity index (χ4n) is 2.41. The van der Waals surface area contributed by atoms with Gasteiger partial charge < -0.3 is 5.73 Å². The molecule has 0 aliphatic heterocycles. The van der Waals surface area contributed by atoms with Crippen LogP contribution in [0.3, 0.4) is 0 Å². The van der Waals surface area contributed by atoms with Gasteiger partial charge in [-0.05, 0) is 29.7 Å². The molecule has 0 amide bonds. The van der Waals surface area contributed by atoms with E-state index < -0.39 is 17.7 Å². The molecule has 106 valence electrons. The number of halogens is 3. The Hall–Kier alpha value is -1.45. The number of hydrogen-bond donors (Lipinski definition) is 1. The van der Waals surface area contributed by atoms with Crippen molar-refractivity contribution in [2.45, 2.75) is 25.3 Å². The quantitative estimate of drug-likeness (QED) is 0.805. The molecule has 0 aliphatic carbocycles. The Morgan fingerprint density at radius 3 is 2.30 bits per heavy atom. The van der Waals surface area contributed by atoms with Crippen molar-refractivity contribution in [2.75, 3.05) is 0 Å². The fraction of sp³-hybridized carbons (Fsp3) is 0.250. The second kappa shape index (κ2) is 6.33. The molecule has 0 saturated heterocycles. The maximum Gasteiger partial charge on any atom is 0.160 e. The summed E-state index contributed by atoms with van der Waals surface area (Å²) in [5, 5.41) is 0.158. The standard InChI is InChI=1S/C16H16ClF2N/c1-2-11(10-6-4-3-5-7-10)16(20)12-8-14(18)15(19)9-13(12)17/h3-9,11,16H,2,20H2,1H3. The van der Waals surface area contributed by atoms with Gasteiger partial charge in [-0.15, -0.1) is 0 Å². The first-order chi connectivity index (χ1) is 9.54. The zero-order valence-electron chi connectivity index (χ0n) is 11.1. The Balaban J connectivity index is 2.39. The molecule has 2 aromatic rings. The predicted molar refractivity (Wildman–Crippen MR) is 77.8 cm³/mol. The monoisotopic (exact) mass is 295 g/mol. The first-order valence-electron chi connectivity index (χ1n) is 6.49. The maximum atomic E-state index is 13.4. The Morgan fingerprint density at radius 1 is 1.10 bits per heavy atom. The van der Waals surface area contributed by atoms with Gasteiger partial charge in [0.1, 0.15) is 0 Å². The zero-order chi connectivity index (χ0) is 14.7. The molecule has 2 rings (SSSR count). The van der Waals surface area contributed by atoms with E-state index in [4.69, 9.17) is 17.3 Å². The van der Waals surface area contributed by atoms with Crippen LogP contribution in [-0.2, 0) is 0 Å². The van der Waals surface area contributed by atoms with Gasteiger partial charge in [-0.3, -0.25) is 0 Å². The van der Waals surface area contributed by atoms with Crippen LogP contribution in [0.5, 0.6) is 0 Å². The molecule has 0 aromatic heterocycles. The van der Waals surface area contributed by atoms with Gasteiger partial charge in [0, 0.05) is 17.0 Å². The molecular formula is C16H16ClF2N. The molecule has 0 radical (unpaired) electrons. The highest BCUT2D eigenvalue weighted by molar-refractivity contribution is 6.31. The van der Waals surface area contributed by atoms with Crippen LogP contribution >= 0.6 is 11.6 Å². The summed E-state index contributed by atoms with van der Waals surface area (Å²) in [5.41, 5.74) is 7.72. The minimum Gasteiger partial charge on any atom is -0.323 e. The summed E-state index contributed by atoms with van der Waals surface area (Å²) in [4.78, 5) is 0. The molecular weight excluding hydrogens is 280 g/mol. The normalized spacial score (nSPS) is 14.1. The van der Waals surface area contributed by atoms with Crippen LogP contribution in [0, 0.1) is 11.6 Å². The van der Waals surface area contributed by atoms with Crippen LogP contribution in [0.1, 0.15) is 36.4 Å². The number of hydrogen-bond acceptors (Lipinski definition) is 1. The average molecular weight is 296 g/mol. The molecule has 0 fully saturated rings. The van der Waals surface area contributed by atoms with Crippen LogP contribution < -0.4 is 5.73 Å². The molecule has 0 aliphatic rings. The van der Waals surface area contributed by atoms with E-state index in [1.165, 1.54) is 0 Å². The lowest BCUT2D eigenvalue weighted by Gasteiger charge is -2.24. The van der Waals surface area contributed by atoms with Crippen molar-refractivity contribution in [3.63, 3.8) is 0 Å². The van der Waals surface area contributed by atoms with Crippen molar-refractivity contribution < 1.29 is 8.78 Å². The molecule has 4 heteroatoms. The second-order valence-corrected chi connectivity index (χ2v) is 5.15. The van der Waals surface area contributed by atoms with Crippen molar-refractivity contribution in [2.24, 2.45) is 5.73 Å². The third-order valence-corrected chi connectivity index (χ3v) is 3.83. The topological polar surface area (TPSA) is 26.0 Å². The van der Waals surface area contributed by atoms with Crippen molar-refractivity contribution >= 4 is 11.6 Å². The van der Waals surface area contributed by atoms with E-state index in [9.17, 15) is 8.78 Å². The van der Waals surface area contributed by atoms with Crippen molar-refractivity contribution in [1.82, 2.24) is 0 Å². The number of rotatable bonds is 4. The Labute approximate surface area is 122 Å². The van der Waals surface area contributed by atoms with Gasteiger partial charge in [-0.2, -0.15) is 0 Å². The van der Waals surface area contributed by atoms with Gasteiger partial charge in [0.15, 0.2) is 11.6 Å². The fourth-order valence-corrected chi connectivity index (χ4v) is 2.68. The summed E-state index contributed by atoms with van der Waals surface area (Å²) in [6, 6.07) is 11.3. The first kappa shape index (κ1) is 14.9. The van der Waals surface area contributed by atoms with Crippen LogP contribution in [0.15, 0.2) is 42.5 Å². The van der Waals surface area contributed by atoms with Crippen LogP contribution in [-0.4, -0.2) is 0 Å². The Morgan fingerprint density at radius 2 is 1.70 bits per heavy atom. The SMILES string of the molecule is CCC(c1ccccc1)C(N)c1cc(F)c(F)cc1Cl. The molecule has 2 unspecified atom stereocenters. The zero-order valence-corrected chi connectivity index (χ0v) is 11.9. The molecule has 20 heavy (non-hydrogen) atoms. The highest BCUT2D eigenvalue weighted by atomic mass is 35.5. The molecule has 2 atom stereocenters. The van der Waals surface area contributed by atoms with Crippen molar-refractivity contribution in [3.05, 3.63) is 70.2 Å². The van der Waals surface area contributed by atoms with Crippen molar-refractivity contribution in [3.8, 4) is 0 Å². The largest absolute Gasteiger partial charge is 0.323 e. The van der Waals surface area contributed by atoms with Gasteiger partial charge in [0.2, 0.25) is 0 Å². The molecule has 0 saturated carbocycles. The Kier molecular flexibility index (Phi) is 4.73. The van der Waals surface area contributed by atoms with Gasteiger partial charge in [-0.1, -0.05) is 48.9 Å². The summed E-state index contributed by atoms with van der Waals surface area (Å²) in [6.07, 6.45) is 0.778. The van der Waals surface area contributed by atoms with Crippen LogP contribution in [0.2, 0.25) is 5.02 Å². The van der Waals surface area contributed by atoms with Crippen LogP contribution in [0.25, 0.3) is 0 Å². The molecule has 0 heterocycles. The number of benzene rings is 2.